The molecule has 2 rings (SSSR count). The fourth-order valence-electron chi connectivity index (χ4n) is 2.66. The molecule has 0 aromatic heterocycles. The van der Waals surface area contributed by atoms with Crippen LogP contribution in [0.25, 0.3) is 0 Å². The van der Waals surface area contributed by atoms with Crippen LogP contribution in [-0.4, -0.2) is 18.3 Å². The molecule has 0 amide bonds. The van der Waals surface area contributed by atoms with E-state index in [4.69, 9.17) is 10.8 Å². The topological polar surface area (TPSA) is 58.3 Å². The van der Waals surface area contributed by atoms with E-state index in [0.717, 1.165) is 19.4 Å². The van der Waals surface area contributed by atoms with Crippen LogP contribution in [0.15, 0.2) is 24.3 Å². The Morgan fingerprint density at radius 1 is 1.33 bits per heavy atom. The van der Waals surface area contributed by atoms with E-state index in [9.17, 15) is 0 Å². The summed E-state index contributed by atoms with van der Waals surface area (Å²) in [6, 6.07) is 8.93. The monoisotopic (exact) mass is 248 g/mol. The summed E-state index contributed by atoms with van der Waals surface area (Å²) in [5, 5.41) is 12.6. The van der Waals surface area contributed by atoms with E-state index in [1.54, 1.807) is 0 Å². The van der Waals surface area contributed by atoms with Crippen molar-refractivity contribution < 1.29 is 5.11 Å². The number of nitrogens with one attached hydrogen (secondary N) is 1. The van der Waals surface area contributed by atoms with E-state index in [2.05, 4.69) is 43.4 Å². The summed E-state index contributed by atoms with van der Waals surface area (Å²) in [5.74, 6) is 0. The summed E-state index contributed by atoms with van der Waals surface area (Å²) < 4.78 is 0. The Kier molecular flexibility index (Phi) is 4.05. The largest absolute Gasteiger partial charge is 0.396 e. The first kappa shape index (κ1) is 13.5. The summed E-state index contributed by atoms with van der Waals surface area (Å²) >= 11 is 0. The Balaban J connectivity index is 2.00. The van der Waals surface area contributed by atoms with Gasteiger partial charge in [-0.2, -0.15) is 0 Å². The highest BCUT2D eigenvalue weighted by atomic mass is 16.3. The first-order valence-electron chi connectivity index (χ1n) is 6.72. The van der Waals surface area contributed by atoms with Crippen molar-refractivity contribution in [3.05, 3.63) is 35.4 Å². The molecule has 2 atom stereocenters. The van der Waals surface area contributed by atoms with Crippen molar-refractivity contribution in [2.75, 3.05) is 13.2 Å². The molecule has 3 nitrogen and oxygen atoms in total. The molecular weight excluding hydrogens is 224 g/mol. The zero-order valence-corrected chi connectivity index (χ0v) is 11.3. The van der Waals surface area contributed by atoms with Gasteiger partial charge in [0.15, 0.2) is 0 Å². The molecule has 4 N–H and O–H groups in total. The lowest BCUT2D eigenvalue weighted by Gasteiger charge is -2.26. The Bertz CT molecular complexity index is 403. The molecule has 1 aliphatic carbocycles. The van der Waals surface area contributed by atoms with Crippen molar-refractivity contribution in [3.8, 4) is 0 Å². The molecule has 3 heteroatoms. The van der Waals surface area contributed by atoms with Crippen molar-refractivity contribution in [1.82, 2.24) is 5.32 Å². The van der Waals surface area contributed by atoms with Gasteiger partial charge in [0.1, 0.15) is 0 Å². The maximum Gasteiger partial charge on any atom is 0.0436 e. The highest BCUT2D eigenvalue weighted by molar-refractivity contribution is 5.37. The molecule has 0 spiro atoms. The molecule has 0 fully saturated rings. The molecule has 0 heterocycles. The number of aliphatic hydroxyl groups is 1. The van der Waals surface area contributed by atoms with Gasteiger partial charge in [-0.3, -0.25) is 0 Å². The fraction of sp³-hybridized carbons (Fsp3) is 0.600. The van der Waals surface area contributed by atoms with Gasteiger partial charge >= 0.3 is 0 Å². The maximum absolute atomic E-state index is 9.05. The standard InChI is InChI=1S/C15H24N2O/c1-15(2,7-8-18)10-17-14-9-13(16)11-5-3-4-6-12(11)14/h3-6,13-14,17-18H,7-10,16H2,1-2H3. The number of nitrogens with two attached hydrogens (primary N) is 1. The molecule has 1 aromatic carbocycles. The molecule has 0 bridgehead atoms. The number of fused-ring (bicyclic) bond motifs is 1. The molecule has 18 heavy (non-hydrogen) atoms. The minimum Gasteiger partial charge on any atom is -0.396 e. The highest BCUT2D eigenvalue weighted by Gasteiger charge is 2.29. The second-order valence-electron chi connectivity index (χ2n) is 6.04. The molecule has 1 aromatic rings. The summed E-state index contributed by atoms with van der Waals surface area (Å²) in [6.07, 6.45) is 1.79. The maximum atomic E-state index is 9.05. The van der Waals surface area contributed by atoms with Gasteiger partial charge in [-0.25, -0.2) is 0 Å². The van der Waals surface area contributed by atoms with Crippen LogP contribution < -0.4 is 11.1 Å². The van der Waals surface area contributed by atoms with Crippen LogP contribution in [-0.2, 0) is 0 Å². The van der Waals surface area contributed by atoms with Gasteiger partial charge in [0, 0.05) is 25.2 Å². The first-order chi connectivity index (χ1) is 8.53. The van der Waals surface area contributed by atoms with Gasteiger partial charge in [-0.15, -0.1) is 0 Å². The average Bonchev–Trinajstić information content (AvgIpc) is 2.65. The normalized spacial score (nSPS) is 23.1. The minimum absolute atomic E-state index is 0.121. The van der Waals surface area contributed by atoms with Crippen molar-refractivity contribution in [3.63, 3.8) is 0 Å². The molecule has 0 aliphatic heterocycles. The van der Waals surface area contributed by atoms with Crippen molar-refractivity contribution >= 4 is 0 Å². The van der Waals surface area contributed by atoms with Crippen LogP contribution in [0, 0.1) is 5.41 Å². The van der Waals surface area contributed by atoms with Crippen LogP contribution in [0.3, 0.4) is 0 Å². The number of rotatable bonds is 5. The zero-order valence-electron chi connectivity index (χ0n) is 11.3. The van der Waals surface area contributed by atoms with E-state index in [-0.39, 0.29) is 18.1 Å². The number of aliphatic hydroxyl groups excluding tert-OH is 1. The average molecular weight is 248 g/mol. The predicted octanol–water partition coefficient (Wildman–Crippen LogP) is 2.13. The summed E-state index contributed by atoms with van der Waals surface area (Å²) in [5.41, 5.74) is 8.89. The number of hydrogen-bond donors (Lipinski definition) is 3. The molecule has 0 saturated heterocycles. The van der Waals surface area contributed by atoms with Gasteiger partial charge in [0.05, 0.1) is 0 Å². The lowest BCUT2D eigenvalue weighted by Crippen LogP contribution is -2.32. The van der Waals surface area contributed by atoms with Gasteiger partial charge in [0.25, 0.3) is 0 Å². The predicted molar refractivity (Wildman–Crippen MR) is 74.2 cm³/mol. The Labute approximate surface area is 109 Å². The van der Waals surface area contributed by atoms with Gasteiger partial charge in [-0.1, -0.05) is 38.1 Å². The Hall–Kier alpha value is -0.900. The summed E-state index contributed by atoms with van der Waals surface area (Å²) in [4.78, 5) is 0. The zero-order chi connectivity index (χ0) is 13.2. The van der Waals surface area contributed by atoms with Gasteiger partial charge < -0.3 is 16.2 Å². The second-order valence-corrected chi connectivity index (χ2v) is 6.04. The van der Waals surface area contributed by atoms with Gasteiger partial charge in [-0.05, 0) is 29.4 Å². The molecule has 100 valence electrons. The lowest BCUT2D eigenvalue weighted by atomic mass is 9.89. The SMILES string of the molecule is CC(C)(CCO)CNC1CC(N)c2ccccc21. The van der Waals surface area contributed by atoms with E-state index in [0.29, 0.717) is 6.04 Å². The molecule has 0 radical (unpaired) electrons. The molecule has 1 aliphatic rings. The van der Waals surface area contributed by atoms with Crippen molar-refractivity contribution in [2.45, 2.75) is 38.8 Å². The first-order valence-corrected chi connectivity index (χ1v) is 6.72. The smallest absolute Gasteiger partial charge is 0.0436 e. The third-order valence-corrected chi connectivity index (χ3v) is 3.88. The third kappa shape index (κ3) is 2.91. The fourth-order valence-corrected chi connectivity index (χ4v) is 2.66. The van der Waals surface area contributed by atoms with Crippen LogP contribution in [0.1, 0.15) is 49.9 Å². The molecule has 0 saturated carbocycles. The highest BCUT2D eigenvalue weighted by Crippen LogP contribution is 2.37. The minimum atomic E-state index is 0.121. The van der Waals surface area contributed by atoms with Crippen LogP contribution in [0.2, 0.25) is 0 Å². The van der Waals surface area contributed by atoms with Crippen LogP contribution in [0.4, 0.5) is 0 Å². The Morgan fingerprint density at radius 3 is 2.67 bits per heavy atom. The quantitative estimate of drug-likeness (QED) is 0.748. The lowest BCUT2D eigenvalue weighted by molar-refractivity contribution is 0.202. The molecule has 2 unspecified atom stereocenters. The van der Waals surface area contributed by atoms with E-state index in [1.807, 2.05) is 0 Å². The van der Waals surface area contributed by atoms with Crippen LogP contribution in [0.5, 0.6) is 0 Å². The van der Waals surface area contributed by atoms with Crippen molar-refractivity contribution in [2.24, 2.45) is 11.1 Å². The third-order valence-electron chi connectivity index (χ3n) is 3.88. The Morgan fingerprint density at radius 2 is 2.00 bits per heavy atom. The van der Waals surface area contributed by atoms with E-state index < -0.39 is 0 Å². The second kappa shape index (κ2) is 5.39. The number of hydrogen-bond acceptors (Lipinski definition) is 3. The summed E-state index contributed by atoms with van der Waals surface area (Å²) in [7, 11) is 0. The van der Waals surface area contributed by atoms with Crippen LogP contribution >= 0.6 is 0 Å². The molecular formula is C15H24N2O. The van der Waals surface area contributed by atoms with Gasteiger partial charge in [0.2, 0.25) is 0 Å². The van der Waals surface area contributed by atoms with E-state index in [1.165, 1.54) is 11.1 Å². The summed E-state index contributed by atoms with van der Waals surface area (Å²) in [6.45, 7) is 5.50. The van der Waals surface area contributed by atoms with Crippen molar-refractivity contribution in [1.29, 1.82) is 0 Å². The number of benzene rings is 1. The van der Waals surface area contributed by atoms with E-state index >= 15 is 0 Å².